The largest absolute Gasteiger partial charge is 0.284 e. The number of hydrogen-bond acceptors (Lipinski definition) is 2. The van der Waals surface area contributed by atoms with E-state index in [1.54, 1.807) is 0 Å². The van der Waals surface area contributed by atoms with Gasteiger partial charge in [0, 0.05) is 0 Å². The summed E-state index contributed by atoms with van der Waals surface area (Å²) in [5.74, 6) is 0. The Balaban J connectivity index is 2.29. The zero-order chi connectivity index (χ0) is 6.97. The Labute approximate surface area is 60.3 Å². The molecular weight excluding hydrogens is 124 g/mol. The van der Waals surface area contributed by atoms with Crippen molar-refractivity contribution in [3.05, 3.63) is 24.3 Å². The lowest BCUT2D eigenvalue weighted by Gasteiger charge is -2.08. The minimum absolute atomic E-state index is 0.285. The quantitative estimate of drug-likeness (QED) is 0.522. The van der Waals surface area contributed by atoms with E-state index in [-0.39, 0.29) is 6.17 Å². The van der Waals surface area contributed by atoms with Crippen LogP contribution in [0.25, 0.3) is 0 Å². The fourth-order valence-corrected chi connectivity index (χ4v) is 1.32. The minimum atomic E-state index is 0.285. The summed E-state index contributed by atoms with van der Waals surface area (Å²) in [5.41, 5.74) is 1.16. The summed E-state index contributed by atoms with van der Waals surface area (Å²) >= 11 is 0. The van der Waals surface area contributed by atoms with Gasteiger partial charge in [0.15, 0.2) is 0 Å². The molecule has 1 aliphatic heterocycles. The fourth-order valence-electron chi connectivity index (χ4n) is 1.32. The van der Waals surface area contributed by atoms with Crippen molar-refractivity contribution in [2.45, 2.75) is 19.1 Å². The van der Waals surface area contributed by atoms with Crippen LogP contribution in [0.1, 0.15) is 6.92 Å². The van der Waals surface area contributed by atoms with Gasteiger partial charge in [0.1, 0.15) is 0 Å². The van der Waals surface area contributed by atoms with Crippen molar-refractivity contribution in [2.24, 2.45) is 4.99 Å². The maximum atomic E-state index is 4.38. The predicted molar refractivity (Wildman–Crippen MR) is 42.1 cm³/mol. The van der Waals surface area contributed by atoms with E-state index in [0.29, 0.717) is 6.04 Å². The average molecular weight is 134 g/mol. The van der Waals surface area contributed by atoms with Crippen LogP contribution in [0.15, 0.2) is 29.3 Å². The highest BCUT2D eigenvalue weighted by molar-refractivity contribution is 6.03. The second-order valence-corrected chi connectivity index (χ2v) is 2.62. The first kappa shape index (κ1) is 5.86. The van der Waals surface area contributed by atoms with Gasteiger partial charge in [-0.3, -0.25) is 10.3 Å². The minimum Gasteiger partial charge on any atom is -0.284 e. The van der Waals surface area contributed by atoms with Gasteiger partial charge in [-0.25, -0.2) is 0 Å². The van der Waals surface area contributed by atoms with E-state index < -0.39 is 0 Å². The van der Waals surface area contributed by atoms with Gasteiger partial charge in [-0.05, 0) is 13.0 Å². The monoisotopic (exact) mass is 134 g/mol. The van der Waals surface area contributed by atoms with E-state index in [0.717, 1.165) is 5.71 Å². The van der Waals surface area contributed by atoms with Crippen LogP contribution in [0.3, 0.4) is 0 Å². The molecule has 2 heteroatoms. The molecule has 0 fully saturated rings. The lowest BCUT2D eigenvalue weighted by atomic mass is 10.1. The molecule has 10 heavy (non-hydrogen) atoms. The van der Waals surface area contributed by atoms with Crippen molar-refractivity contribution in [3.8, 4) is 0 Å². The standard InChI is InChI=1S/C8H10N2/c1-6-9-7-4-2-3-5-8(7)10-6/h2-7,9H,1H3. The molecule has 0 amide bonds. The molecule has 0 saturated heterocycles. The molecule has 0 saturated carbocycles. The Morgan fingerprint density at radius 3 is 3.20 bits per heavy atom. The van der Waals surface area contributed by atoms with Crippen LogP contribution in [-0.2, 0) is 0 Å². The van der Waals surface area contributed by atoms with Crippen LogP contribution in [0.4, 0.5) is 0 Å². The molecular formula is C8H10N2. The van der Waals surface area contributed by atoms with E-state index in [4.69, 9.17) is 0 Å². The molecule has 0 aromatic heterocycles. The Bertz CT molecular complexity index is 225. The Kier molecular flexibility index (Phi) is 1.21. The first-order valence-electron chi connectivity index (χ1n) is 3.55. The van der Waals surface area contributed by atoms with Gasteiger partial charge in [-0.15, -0.1) is 0 Å². The number of rotatable bonds is 0. The Morgan fingerprint density at radius 1 is 1.50 bits per heavy atom. The molecule has 1 N–H and O–H groups in total. The zero-order valence-electron chi connectivity index (χ0n) is 5.91. The van der Waals surface area contributed by atoms with Crippen LogP contribution in [-0.4, -0.2) is 17.9 Å². The second kappa shape index (κ2) is 2.06. The summed E-state index contributed by atoms with van der Waals surface area (Å²) < 4.78 is 0. The number of allylic oxidation sites excluding steroid dienone is 2. The van der Waals surface area contributed by atoms with Gasteiger partial charge in [-0.2, -0.15) is 0 Å². The predicted octanol–water partition coefficient (Wildman–Crippen LogP) is 0.871. The summed E-state index contributed by atoms with van der Waals surface area (Å²) in [6.45, 7) is 2.06. The zero-order valence-corrected chi connectivity index (χ0v) is 5.91. The number of hydrogen-bond donors (Lipinski definition) is 1. The number of fused-ring (bicyclic) bond motifs is 1. The van der Waals surface area contributed by atoms with Gasteiger partial charge < -0.3 is 0 Å². The topological polar surface area (TPSA) is 24.4 Å². The second-order valence-electron chi connectivity index (χ2n) is 2.62. The summed E-state index contributed by atoms with van der Waals surface area (Å²) in [5, 5.41) is 3.31. The Morgan fingerprint density at radius 2 is 2.40 bits per heavy atom. The number of aliphatic imine (C=N–C) groups is 1. The van der Waals surface area contributed by atoms with Crippen LogP contribution < -0.4 is 5.32 Å². The van der Waals surface area contributed by atoms with Crippen molar-refractivity contribution < 1.29 is 0 Å². The maximum absolute atomic E-state index is 4.38. The SMILES string of the molecule is CC1N=C2C=CC=CC2N1. The maximum Gasteiger partial charge on any atom is 0.0977 e. The molecule has 0 radical (unpaired) electrons. The fraction of sp³-hybridized carbons (Fsp3) is 0.375. The lowest BCUT2D eigenvalue weighted by Crippen LogP contribution is -2.31. The molecule has 2 rings (SSSR count). The first-order valence-corrected chi connectivity index (χ1v) is 3.55. The van der Waals surface area contributed by atoms with Crippen molar-refractivity contribution in [2.75, 3.05) is 0 Å². The molecule has 0 spiro atoms. The van der Waals surface area contributed by atoms with Crippen molar-refractivity contribution in [3.63, 3.8) is 0 Å². The van der Waals surface area contributed by atoms with Crippen LogP contribution >= 0.6 is 0 Å². The normalized spacial score (nSPS) is 35.9. The van der Waals surface area contributed by atoms with Crippen LogP contribution in [0.2, 0.25) is 0 Å². The van der Waals surface area contributed by atoms with Gasteiger partial charge >= 0.3 is 0 Å². The van der Waals surface area contributed by atoms with E-state index >= 15 is 0 Å². The van der Waals surface area contributed by atoms with Crippen LogP contribution in [0.5, 0.6) is 0 Å². The molecule has 2 nitrogen and oxygen atoms in total. The smallest absolute Gasteiger partial charge is 0.0977 e. The van der Waals surface area contributed by atoms with Gasteiger partial charge in [0.2, 0.25) is 0 Å². The highest BCUT2D eigenvalue weighted by Crippen LogP contribution is 2.09. The van der Waals surface area contributed by atoms with E-state index in [2.05, 4.69) is 35.5 Å². The van der Waals surface area contributed by atoms with E-state index in [9.17, 15) is 0 Å². The number of nitrogens with zero attached hydrogens (tertiary/aromatic N) is 1. The van der Waals surface area contributed by atoms with E-state index in [1.807, 2.05) is 6.08 Å². The third-order valence-corrected chi connectivity index (χ3v) is 1.76. The average Bonchev–Trinajstić information content (AvgIpc) is 2.27. The van der Waals surface area contributed by atoms with Gasteiger partial charge in [-0.1, -0.05) is 18.2 Å². The summed E-state index contributed by atoms with van der Waals surface area (Å²) in [6.07, 6.45) is 8.54. The molecule has 2 unspecified atom stereocenters. The molecule has 2 atom stereocenters. The molecule has 0 bridgehead atoms. The molecule has 0 aromatic carbocycles. The van der Waals surface area contributed by atoms with Crippen LogP contribution in [0, 0.1) is 0 Å². The number of nitrogens with one attached hydrogen (secondary N) is 1. The summed E-state index contributed by atoms with van der Waals surface area (Å²) in [6, 6.07) is 0.375. The molecule has 2 aliphatic rings. The molecule has 0 aromatic rings. The first-order chi connectivity index (χ1) is 4.86. The van der Waals surface area contributed by atoms with Crippen molar-refractivity contribution in [1.29, 1.82) is 0 Å². The molecule has 1 aliphatic carbocycles. The molecule has 52 valence electrons. The van der Waals surface area contributed by atoms with Crippen molar-refractivity contribution in [1.82, 2.24) is 5.32 Å². The van der Waals surface area contributed by atoms with Gasteiger partial charge in [0.25, 0.3) is 0 Å². The molecule has 1 heterocycles. The van der Waals surface area contributed by atoms with Gasteiger partial charge in [0.05, 0.1) is 17.9 Å². The van der Waals surface area contributed by atoms with Crippen molar-refractivity contribution >= 4 is 5.71 Å². The third-order valence-electron chi connectivity index (χ3n) is 1.76. The third kappa shape index (κ3) is 0.809. The summed E-state index contributed by atoms with van der Waals surface area (Å²) in [4.78, 5) is 4.38. The Hall–Kier alpha value is -0.890. The van der Waals surface area contributed by atoms with E-state index in [1.165, 1.54) is 0 Å². The highest BCUT2D eigenvalue weighted by atomic mass is 15.1. The lowest BCUT2D eigenvalue weighted by molar-refractivity contribution is 0.618. The highest BCUT2D eigenvalue weighted by Gasteiger charge is 2.20. The summed E-state index contributed by atoms with van der Waals surface area (Å²) in [7, 11) is 0.